The lowest BCUT2D eigenvalue weighted by Gasteiger charge is -2.20. The van der Waals surface area contributed by atoms with Gasteiger partial charge in [-0.1, -0.05) is 18.2 Å². The molecule has 6 nitrogen and oxygen atoms in total. The van der Waals surface area contributed by atoms with E-state index in [-0.39, 0.29) is 21.9 Å². The minimum Gasteiger partial charge on any atom is -0.486 e. The maximum absolute atomic E-state index is 12.5. The zero-order valence-corrected chi connectivity index (χ0v) is 13.3. The highest BCUT2D eigenvalue weighted by Gasteiger charge is 2.31. The number of Topliss-reactive ketones (excluding diaryl/α,β-unsaturated/α-hetero) is 1. The van der Waals surface area contributed by atoms with Crippen molar-refractivity contribution in [2.45, 2.75) is 4.90 Å². The molecule has 0 atom stereocenters. The first-order chi connectivity index (χ1) is 11.5. The number of ketones is 1. The number of carbonyl (C=O) groups is 1. The molecule has 7 heteroatoms. The number of benzene rings is 2. The molecule has 0 aromatic heterocycles. The fourth-order valence-electron chi connectivity index (χ4n) is 2.69. The third-order valence-corrected chi connectivity index (χ3v) is 5.21. The number of fused-ring (bicyclic) bond motifs is 2. The minimum absolute atomic E-state index is 0.00498. The maximum Gasteiger partial charge on any atom is 0.262 e. The number of ether oxygens (including phenoxy) is 2. The van der Waals surface area contributed by atoms with Crippen molar-refractivity contribution >= 4 is 21.9 Å². The average molecular weight is 343 g/mol. The zero-order chi connectivity index (χ0) is 16.7. The van der Waals surface area contributed by atoms with Crippen LogP contribution in [0.4, 0.5) is 0 Å². The fourth-order valence-corrected chi connectivity index (χ4v) is 3.95. The van der Waals surface area contributed by atoms with Crippen molar-refractivity contribution in [3.8, 4) is 11.5 Å². The third-order valence-electron chi connectivity index (χ3n) is 3.79. The molecule has 0 unspecified atom stereocenters. The Balaban J connectivity index is 1.77. The minimum atomic E-state index is -3.76. The molecule has 2 aliphatic rings. The van der Waals surface area contributed by atoms with Gasteiger partial charge >= 0.3 is 0 Å². The average Bonchev–Trinajstić information content (AvgIpc) is 2.59. The molecule has 0 radical (unpaired) electrons. The summed E-state index contributed by atoms with van der Waals surface area (Å²) in [6.45, 7) is 0.939. The molecule has 0 bridgehead atoms. The topological polar surface area (TPSA) is 81.7 Å². The molecule has 4 rings (SSSR count). The first kappa shape index (κ1) is 14.8. The van der Waals surface area contributed by atoms with E-state index >= 15 is 0 Å². The van der Waals surface area contributed by atoms with E-state index in [1.54, 1.807) is 30.3 Å². The number of sulfonamides is 1. The van der Waals surface area contributed by atoms with E-state index in [1.165, 1.54) is 18.2 Å². The van der Waals surface area contributed by atoms with Crippen molar-refractivity contribution in [1.29, 1.82) is 0 Å². The lowest BCUT2D eigenvalue weighted by atomic mass is 10.1. The van der Waals surface area contributed by atoms with Crippen LogP contribution in [0.1, 0.15) is 15.9 Å². The van der Waals surface area contributed by atoms with Crippen LogP contribution in [0.2, 0.25) is 0 Å². The molecule has 0 aliphatic carbocycles. The van der Waals surface area contributed by atoms with Gasteiger partial charge < -0.3 is 9.47 Å². The van der Waals surface area contributed by atoms with Gasteiger partial charge in [0.1, 0.15) is 13.2 Å². The summed E-state index contributed by atoms with van der Waals surface area (Å²) < 4.78 is 37.9. The van der Waals surface area contributed by atoms with Crippen LogP contribution in [0.3, 0.4) is 0 Å². The maximum atomic E-state index is 12.5. The largest absolute Gasteiger partial charge is 0.486 e. The molecule has 2 aromatic carbocycles. The van der Waals surface area contributed by atoms with Crippen molar-refractivity contribution in [2.75, 3.05) is 13.2 Å². The van der Waals surface area contributed by atoms with E-state index < -0.39 is 10.0 Å². The van der Waals surface area contributed by atoms with E-state index in [0.717, 1.165) is 0 Å². The zero-order valence-electron chi connectivity index (χ0n) is 12.5. The molecule has 0 saturated heterocycles. The Labute approximate surface area is 138 Å². The highest BCUT2D eigenvalue weighted by atomic mass is 32.2. The van der Waals surface area contributed by atoms with Crippen LogP contribution in [0.5, 0.6) is 11.5 Å². The second kappa shape index (κ2) is 5.38. The summed E-state index contributed by atoms with van der Waals surface area (Å²) in [4.78, 5) is 12.5. The van der Waals surface area contributed by atoms with E-state index in [0.29, 0.717) is 30.3 Å². The Bertz CT molecular complexity index is 978. The molecule has 1 N–H and O–H groups in total. The Morgan fingerprint density at radius 1 is 1.00 bits per heavy atom. The number of nitrogens with one attached hydrogen (secondary N) is 1. The second-order valence-electron chi connectivity index (χ2n) is 5.39. The molecule has 0 saturated carbocycles. The molecule has 2 aromatic rings. The highest BCUT2D eigenvalue weighted by molar-refractivity contribution is 7.90. The van der Waals surface area contributed by atoms with E-state index in [2.05, 4.69) is 4.72 Å². The van der Waals surface area contributed by atoms with Gasteiger partial charge in [-0.3, -0.25) is 9.52 Å². The van der Waals surface area contributed by atoms with Crippen LogP contribution in [0.25, 0.3) is 6.08 Å². The van der Waals surface area contributed by atoms with Crippen LogP contribution >= 0.6 is 0 Å². The van der Waals surface area contributed by atoms with Gasteiger partial charge in [0.05, 0.1) is 10.6 Å². The summed E-state index contributed by atoms with van der Waals surface area (Å²) >= 11 is 0. The summed E-state index contributed by atoms with van der Waals surface area (Å²) in [6.07, 6.45) is 1.49. The normalized spacial score (nSPS) is 19.5. The van der Waals surface area contributed by atoms with Crippen LogP contribution in [-0.4, -0.2) is 27.4 Å². The summed E-state index contributed by atoms with van der Waals surface area (Å²) in [5.74, 6) is 0.835. The quantitative estimate of drug-likeness (QED) is 0.801. The standard InChI is InChI=1S/C17H13NO5S/c19-17-12-3-1-2-4-16(12)24(20,21)18-13(17)9-11-5-6-14-15(10-11)23-8-7-22-14/h1-6,9-10,18H,7-8H2/b13-9-. The van der Waals surface area contributed by atoms with Crippen LogP contribution in [0.15, 0.2) is 53.1 Å². The Morgan fingerprint density at radius 3 is 2.58 bits per heavy atom. The monoisotopic (exact) mass is 343 g/mol. The van der Waals surface area contributed by atoms with Gasteiger partial charge in [-0.25, -0.2) is 8.42 Å². The van der Waals surface area contributed by atoms with Crippen molar-refractivity contribution < 1.29 is 22.7 Å². The fraction of sp³-hybridized carbons (Fsp3) is 0.118. The predicted octanol–water partition coefficient (Wildman–Crippen LogP) is 1.97. The molecule has 2 heterocycles. The lowest BCUT2D eigenvalue weighted by Crippen LogP contribution is -2.34. The number of carbonyl (C=O) groups excluding carboxylic acids is 1. The highest BCUT2D eigenvalue weighted by Crippen LogP contribution is 2.32. The van der Waals surface area contributed by atoms with Crippen molar-refractivity contribution in [2.24, 2.45) is 0 Å². The first-order valence-corrected chi connectivity index (χ1v) is 8.81. The molecule has 0 amide bonds. The molecular weight excluding hydrogens is 330 g/mol. The lowest BCUT2D eigenvalue weighted by molar-refractivity contribution is 0.102. The Kier molecular flexibility index (Phi) is 3.31. The van der Waals surface area contributed by atoms with E-state index in [1.807, 2.05) is 0 Å². The van der Waals surface area contributed by atoms with E-state index in [4.69, 9.17) is 9.47 Å². The van der Waals surface area contributed by atoms with Crippen LogP contribution < -0.4 is 14.2 Å². The third kappa shape index (κ3) is 2.43. The summed E-state index contributed by atoms with van der Waals surface area (Å²) in [7, 11) is -3.76. The summed E-state index contributed by atoms with van der Waals surface area (Å²) in [5, 5.41) is 0. The van der Waals surface area contributed by atoms with Gasteiger partial charge in [0, 0.05) is 5.56 Å². The molecule has 122 valence electrons. The molecule has 24 heavy (non-hydrogen) atoms. The molecule has 0 spiro atoms. The second-order valence-corrected chi connectivity index (χ2v) is 7.04. The predicted molar refractivity (Wildman–Crippen MR) is 86.5 cm³/mol. The Morgan fingerprint density at radius 2 is 1.75 bits per heavy atom. The molecule has 2 aliphatic heterocycles. The van der Waals surface area contributed by atoms with Gasteiger partial charge in [0.15, 0.2) is 11.5 Å². The van der Waals surface area contributed by atoms with E-state index in [9.17, 15) is 13.2 Å². The molecule has 0 fully saturated rings. The number of allylic oxidation sites excluding steroid dienone is 1. The van der Waals surface area contributed by atoms with Gasteiger partial charge in [-0.2, -0.15) is 0 Å². The van der Waals surface area contributed by atoms with Gasteiger partial charge in [0.2, 0.25) is 5.78 Å². The smallest absolute Gasteiger partial charge is 0.262 e. The molecular formula is C17H13NO5S. The van der Waals surface area contributed by atoms with Gasteiger partial charge in [0.25, 0.3) is 10.0 Å². The number of hydrogen-bond acceptors (Lipinski definition) is 5. The first-order valence-electron chi connectivity index (χ1n) is 7.32. The van der Waals surface area contributed by atoms with Crippen LogP contribution in [0, 0.1) is 0 Å². The van der Waals surface area contributed by atoms with Gasteiger partial charge in [-0.05, 0) is 35.9 Å². The van der Waals surface area contributed by atoms with Crippen molar-refractivity contribution in [3.63, 3.8) is 0 Å². The van der Waals surface area contributed by atoms with Crippen LogP contribution in [-0.2, 0) is 10.0 Å². The van der Waals surface area contributed by atoms with Crippen molar-refractivity contribution in [1.82, 2.24) is 4.72 Å². The summed E-state index contributed by atoms with van der Waals surface area (Å²) in [6, 6.07) is 11.3. The SMILES string of the molecule is O=C1/C(=C/c2ccc3c(c2)OCCO3)NS(=O)(=O)c2ccccc21. The van der Waals surface area contributed by atoms with Gasteiger partial charge in [-0.15, -0.1) is 0 Å². The van der Waals surface area contributed by atoms with Crippen molar-refractivity contribution in [3.05, 3.63) is 59.3 Å². The Hall–Kier alpha value is -2.80. The number of hydrogen-bond donors (Lipinski definition) is 1. The number of rotatable bonds is 1. The summed E-state index contributed by atoms with van der Waals surface area (Å²) in [5.41, 5.74) is 0.815.